The lowest BCUT2D eigenvalue weighted by Crippen LogP contribution is -2.65. The Bertz CT molecular complexity index is 691. The maximum Gasteiger partial charge on any atom is 0.408 e. The number of esters is 1. The molecule has 2 amide bonds. The molecule has 1 fully saturated rings. The molecule has 1 aromatic rings. The van der Waals surface area contributed by atoms with Gasteiger partial charge >= 0.3 is 12.1 Å². The summed E-state index contributed by atoms with van der Waals surface area (Å²) in [4.78, 5) is 40.7. The van der Waals surface area contributed by atoms with E-state index in [-0.39, 0.29) is 0 Å². The molecule has 144 valence electrons. The van der Waals surface area contributed by atoms with Crippen molar-refractivity contribution in [3.8, 4) is 0 Å². The first-order chi connectivity index (χ1) is 12.0. The van der Waals surface area contributed by atoms with Crippen molar-refractivity contribution in [2.45, 2.75) is 71.1 Å². The number of alkyl carbamates (subject to hydrolysis) is 1. The Balaban J connectivity index is 2.17. The molecule has 0 radical (unpaired) electrons. The standard InChI is InChI=1S/C17H25N3O5S/c1-10-9-26-14(18-10)19-13(22)12(24-11(2)21)17(7-6-8-17)20-15(23)25-16(3,4)5/h9,12H,6-8H2,1-5H3,(H,20,23)(H,18,19,22). The molecule has 2 N–H and O–H groups in total. The van der Waals surface area contributed by atoms with Crippen molar-refractivity contribution >= 4 is 34.4 Å². The second kappa shape index (κ2) is 7.61. The number of aromatic nitrogens is 1. The third-order valence-electron chi connectivity index (χ3n) is 3.87. The quantitative estimate of drug-likeness (QED) is 0.757. The van der Waals surface area contributed by atoms with Crippen molar-refractivity contribution < 1.29 is 23.9 Å². The molecule has 1 atom stereocenters. The zero-order valence-corrected chi connectivity index (χ0v) is 16.5. The normalized spacial score (nSPS) is 16.8. The maximum absolute atomic E-state index is 12.7. The molecular formula is C17H25N3O5S. The predicted molar refractivity (Wildman–Crippen MR) is 97.0 cm³/mol. The van der Waals surface area contributed by atoms with Crippen LogP contribution in [0.15, 0.2) is 5.38 Å². The van der Waals surface area contributed by atoms with Crippen molar-refractivity contribution in [2.24, 2.45) is 0 Å². The average molecular weight is 383 g/mol. The molecule has 0 bridgehead atoms. The van der Waals surface area contributed by atoms with Crippen molar-refractivity contribution in [3.63, 3.8) is 0 Å². The van der Waals surface area contributed by atoms with E-state index in [1.54, 1.807) is 26.2 Å². The fourth-order valence-electron chi connectivity index (χ4n) is 2.68. The fraction of sp³-hybridized carbons (Fsp3) is 0.647. The molecule has 0 aliphatic heterocycles. The first-order valence-corrected chi connectivity index (χ1v) is 9.30. The fourth-order valence-corrected chi connectivity index (χ4v) is 3.37. The van der Waals surface area contributed by atoms with Gasteiger partial charge in [0.2, 0.25) is 6.10 Å². The van der Waals surface area contributed by atoms with E-state index in [2.05, 4.69) is 15.6 Å². The third-order valence-corrected chi connectivity index (χ3v) is 4.74. The number of aryl methyl sites for hydroxylation is 1. The summed E-state index contributed by atoms with van der Waals surface area (Å²) >= 11 is 1.28. The Morgan fingerprint density at radius 1 is 1.31 bits per heavy atom. The Kier molecular flexibility index (Phi) is 5.90. The van der Waals surface area contributed by atoms with Crippen LogP contribution in [0.5, 0.6) is 0 Å². The summed E-state index contributed by atoms with van der Waals surface area (Å²) in [6.45, 7) is 8.30. The predicted octanol–water partition coefficient (Wildman–Crippen LogP) is 2.77. The zero-order chi connectivity index (χ0) is 19.5. The minimum Gasteiger partial charge on any atom is -0.450 e. The van der Waals surface area contributed by atoms with Gasteiger partial charge in [-0.25, -0.2) is 9.78 Å². The average Bonchev–Trinajstić information content (AvgIpc) is 2.83. The first kappa shape index (κ1) is 20.2. The van der Waals surface area contributed by atoms with Crippen LogP contribution in [0, 0.1) is 6.92 Å². The lowest BCUT2D eigenvalue weighted by Gasteiger charge is -2.46. The SMILES string of the molecule is CC(=O)OC(C(=O)Nc1nc(C)cs1)C1(NC(=O)OC(C)(C)C)CCC1. The number of thiazole rings is 1. The molecule has 1 heterocycles. The molecular weight excluding hydrogens is 358 g/mol. The van der Waals surface area contributed by atoms with E-state index in [4.69, 9.17) is 9.47 Å². The molecule has 1 saturated carbocycles. The number of ether oxygens (including phenoxy) is 2. The number of rotatable bonds is 5. The van der Waals surface area contributed by atoms with Gasteiger partial charge in [-0.3, -0.25) is 14.9 Å². The highest BCUT2D eigenvalue weighted by molar-refractivity contribution is 7.13. The highest BCUT2D eigenvalue weighted by atomic mass is 32.1. The van der Waals surface area contributed by atoms with E-state index in [0.29, 0.717) is 18.0 Å². The molecule has 9 heteroatoms. The molecule has 0 saturated heterocycles. The van der Waals surface area contributed by atoms with E-state index in [1.807, 2.05) is 6.92 Å². The summed E-state index contributed by atoms with van der Waals surface area (Å²) in [5.74, 6) is -1.12. The van der Waals surface area contributed by atoms with Crippen molar-refractivity contribution in [1.29, 1.82) is 0 Å². The second-order valence-electron chi connectivity index (χ2n) is 7.41. The van der Waals surface area contributed by atoms with Gasteiger partial charge < -0.3 is 14.8 Å². The van der Waals surface area contributed by atoms with E-state index in [1.165, 1.54) is 18.3 Å². The summed E-state index contributed by atoms with van der Waals surface area (Å²) < 4.78 is 10.6. The Hall–Kier alpha value is -2.16. The summed E-state index contributed by atoms with van der Waals surface area (Å²) in [7, 11) is 0. The third kappa shape index (κ3) is 5.17. The molecule has 0 aromatic carbocycles. The van der Waals surface area contributed by atoms with Gasteiger partial charge in [0.15, 0.2) is 5.13 Å². The van der Waals surface area contributed by atoms with Crippen LogP contribution < -0.4 is 10.6 Å². The Morgan fingerprint density at radius 3 is 2.38 bits per heavy atom. The Labute approximate surface area is 156 Å². The minimum atomic E-state index is -1.16. The first-order valence-electron chi connectivity index (χ1n) is 8.42. The van der Waals surface area contributed by atoms with Crippen LogP contribution in [0.4, 0.5) is 9.93 Å². The summed E-state index contributed by atoms with van der Waals surface area (Å²) in [5, 5.41) is 7.62. The van der Waals surface area contributed by atoms with E-state index < -0.39 is 35.2 Å². The molecule has 0 spiro atoms. The van der Waals surface area contributed by atoms with Gasteiger partial charge in [-0.15, -0.1) is 11.3 Å². The lowest BCUT2D eigenvalue weighted by atomic mass is 9.72. The van der Waals surface area contributed by atoms with Gasteiger partial charge in [0.25, 0.3) is 5.91 Å². The van der Waals surface area contributed by atoms with Gasteiger partial charge in [0.1, 0.15) is 5.60 Å². The molecule has 1 unspecified atom stereocenters. The van der Waals surface area contributed by atoms with Crippen LogP contribution in [-0.4, -0.2) is 40.2 Å². The van der Waals surface area contributed by atoms with E-state index in [0.717, 1.165) is 12.1 Å². The molecule has 1 aliphatic carbocycles. The summed E-state index contributed by atoms with van der Waals surface area (Å²) in [6, 6.07) is 0. The lowest BCUT2D eigenvalue weighted by molar-refractivity contribution is -0.160. The van der Waals surface area contributed by atoms with E-state index in [9.17, 15) is 14.4 Å². The molecule has 8 nitrogen and oxygen atoms in total. The second-order valence-corrected chi connectivity index (χ2v) is 8.27. The number of hydrogen-bond donors (Lipinski definition) is 2. The molecule has 2 rings (SSSR count). The number of nitrogens with one attached hydrogen (secondary N) is 2. The monoisotopic (exact) mass is 383 g/mol. The van der Waals surface area contributed by atoms with Gasteiger partial charge in [-0.1, -0.05) is 0 Å². The van der Waals surface area contributed by atoms with Crippen molar-refractivity contribution in [3.05, 3.63) is 11.1 Å². The number of anilines is 1. The summed E-state index contributed by atoms with van der Waals surface area (Å²) in [5.41, 5.74) is -0.878. The zero-order valence-electron chi connectivity index (χ0n) is 15.7. The number of carbonyl (C=O) groups excluding carboxylic acids is 3. The summed E-state index contributed by atoms with van der Waals surface area (Å²) in [6.07, 6.45) is 0.0120. The largest absolute Gasteiger partial charge is 0.450 e. The maximum atomic E-state index is 12.7. The minimum absolute atomic E-state index is 0.413. The van der Waals surface area contributed by atoms with Crippen LogP contribution in [-0.2, 0) is 19.1 Å². The van der Waals surface area contributed by atoms with Crippen molar-refractivity contribution in [2.75, 3.05) is 5.32 Å². The number of carbonyl (C=O) groups is 3. The Morgan fingerprint density at radius 2 is 1.96 bits per heavy atom. The van der Waals surface area contributed by atoms with Gasteiger partial charge in [0, 0.05) is 12.3 Å². The van der Waals surface area contributed by atoms with E-state index >= 15 is 0 Å². The van der Waals surface area contributed by atoms with Crippen LogP contribution in [0.25, 0.3) is 0 Å². The highest BCUT2D eigenvalue weighted by Gasteiger charge is 2.51. The molecule has 1 aliphatic rings. The number of amides is 2. The van der Waals surface area contributed by atoms with Crippen LogP contribution >= 0.6 is 11.3 Å². The van der Waals surface area contributed by atoms with Gasteiger partial charge in [0.05, 0.1) is 11.2 Å². The van der Waals surface area contributed by atoms with Crippen LogP contribution in [0.2, 0.25) is 0 Å². The van der Waals surface area contributed by atoms with Crippen LogP contribution in [0.3, 0.4) is 0 Å². The van der Waals surface area contributed by atoms with Gasteiger partial charge in [-0.05, 0) is 47.0 Å². The molecule has 1 aromatic heterocycles. The van der Waals surface area contributed by atoms with Crippen molar-refractivity contribution in [1.82, 2.24) is 10.3 Å². The topological polar surface area (TPSA) is 107 Å². The number of hydrogen-bond acceptors (Lipinski definition) is 7. The molecule has 26 heavy (non-hydrogen) atoms. The van der Waals surface area contributed by atoms with Gasteiger partial charge in [-0.2, -0.15) is 0 Å². The number of nitrogens with zero attached hydrogens (tertiary/aromatic N) is 1. The smallest absolute Gasteiger partial charge is 0.408 e. The highest BCUT2D eigenvalue weighted by Crippen LogP contribution is 2.37. The van der Waals surface area contributed by atoms with Crippen LogP contribution in [0.1, 0.15) is 52.7 Å².